The second-order valence-electron chi connectivity index (χ2n) is 2.94. The molecule has 8 heavy (non-hydrogen) atoms. The molecule has 0 rings (SSSR count). The first-order valence-corrected chi connectivity index (χ1v) is 2.63. The van der Waals surface area contributed by atoms with E-state index in [9.17, 15) is 8.78 Å². The van der Waals surface area contributed by atoms with Crippen molar-refractivity contribution >= 4 is 7.85 Å². The summed E-state index contributed by atoms with van der Waals surface area (Å²) in [6.07, 6.45) is 0. The molecule has 0 aromatic heterocycles. The van der Waals surface area contributed by atoms with Gasteiger partial charge in [0.25, 0.3) is 0 Å². The van der Waals surface area contributed by atoms with Gasteiger partial charge in [0.15, 0.2) is 7.85 Å². The van der Waals surface area contributed by atoms with Crippen LogP contribution in [0.2, 0.25) is 0 Å². The second-order valence-corrected chi connectivity index (χ2v) is 2.94. The number of halogens is 2. The van der Waals surface area contributed by atoms with Crippen molar-refractivity contribution in [2.75, 3.05) is 0 Å². The van der Waals surface area contributed by atoms with Gasteiger partial charge in [-0.15, -0.1) is 0 Å². The first-order valence-electron chi connectivity index (χ1n) is 2.63. The summed E-state index contributed by atoms with van der Waals surface area (Å²) in [5, 5.41) is 0. The summed E-state index contributed by atoms with van der Waals surface area (Å²) >= 11 is 0. The zero-order valence-electron chi connectivity index (χ0n) is 5.76. The molecular weight excluding hydrogens is 109 g/mol. The summed E-state index contributed by atoms with van der Waals surface area (Å²) in [7, 11) is 1.23. The highest BCUT2D eigenvalue weighted by Crippen LogP contribution is 2.25. The van der Waals surface area contributed by atoms with E-state index in [1.54, 1.807) is 0 Å². The third-order valence-corrected chi connectivity index (χ3v) is 1.41. The lowest BCUT2D eigenvalue weighted by Crippen LogP contribution is -2.40. The van der Waals surface area contributed by atoms with Gasteiger partial charge >= 0.3 is 0 Å². The Balaban J connectivity index is 4.02. The Morgan fingerprint density at radius 1 is 1.12 bits per heavy atom. The maximum absolute atomic E-state index is 12.5. The van der Waals surface area contributed by atoms with E-state index in [1.165, 1.54) is 28.6 Å². The van der Waals surface area contributed by atoms with E-state index in [0.717, 1.165) is 0 Å². The number of rotatable bonds is 1. The lowest BCUT2D eigenvalue weighted by atomic mass is 9.74. The van der Waals surface area contributed by atoms with Crippen LogP contribution in [0.4, 0.5) is 8.78 Å². The Labute approximate surface area is 49.7 Å². The molecule has 48 valence electrons. The molecule has 0 radical (unpaired) electrons. The van der Waals surface area contributed by atoms with Crippen molar-refractivity contribution in [3.05, 3.63) is 0 Å². The number of hydrogen-bond acceptors (Lipinski definition) is 0. The van der Waals surface area contributed by atoms with Gasteiger partial charge in [0.05, 0.1) is 0 Å². The number of alkyl halides is 2. The molecule has 3 heteroatoms. The molecule has 0 amide bonds. The van der Waals surface area contributed by atoms with Gasteiger partial charge in [0.2, 0.25) is 0 Å². The minimum absolute atomic E-state index is 1.23. The van der Waals surface area contributed by atoms with E-state index in [0.29, 0.717) is 0 Å². The van der Waals surface area contributed by atoms with Crippen molar-refractivity contribution in [3.8, 4) is 0 Å². The fourth-order valence-electron chi connectivity index (χ4n) is 0. The smallest absolute Gasteiger partial charge is 0.154 e. The number of hydrogen-bond donors (Lipinski definition) is 0. The van der Waals surface area contributed by atoms with Crippen molar-refractivity contribution in [1.29, 1.82) is 0 Å². The lowest BCUT2D eigenvalue weighted by Gasteiger charge is -2.26. The molecule has 0 spiro atoms. The van der Waals surface area contributed by atoms with E-state index in [4.69, 9.17) is 0 Å². The molecule has 1 unspecified atom stereocenters. The first kappa shape index (κ1) is 7.92. The molecular formula is C5H11BF2. The van der Waals surface area contributed by atoms with Gasteiger partial charge in [-0.05, 0) is 20.8 Å². The fraction of sp³-hybridized carbons (Fsp3) is 1.00. The molecule has 0 aromatic rings. The third-order valence-electron chi connectivity index (χ3n) is 1.41. The summed E-state index contributed by atoms with van der Waals surface area (Å²) in [6, 6.07) is 0. The molecule has 0 nitrogen and oxygen atoms in total. The van der Waals surface area contributed by atoms with E-state index < -0.39 is 11.2 Å². The minimum Gasteiger partial charge on any atom is -0.251 e. The molecule has 0 aliphatic rings. The maximum Gasteiger partial charge on any atom is 0.154 e. The Morgan fingerprint density at radius 3 is 1.25 bits per heavy atom. The first-order chi connectivity index (χ1) is 3.25. The Morgan fingerprint density at radius 2 is 1.25 bits per heavy atom. The van der Waals surface area contributed by atoms with Crippen molar-refractivity contribution in [2.24, 2.45) is 0 Å². The molecule has 0 aliphatic heterocycles. The fourth-order valence-corrected chi connectivity index (χ4v) is 0. The Hall–Kier alpha value is -0.0751. The van der Waals surface area contributed by atoms with Gasteiger partial charge in [-0.1, -0.05) is 0 Å². The summed E-state index contributed by atoms with van der Waals surface area (Å²) in [6.45, 7) is 3.69. The van der Waals surface area contributed by atoms with Gasteiger partial charge in [-0.3, -0.25) is 4.39 Å². The molecule has 0 aromatic carbocycles. The van der Waals surface area contributed by atoms with E-state index in [2.05, 4.69) is 0 Å². The predicted molar refractivity (Wildman–Crippen MR) is 33.2 cm³/mol. The highest BCUT2D eigenvalue weighted by molar-refractivity contribution is 6.14. The SMILES string of the molecule is BC(C)(F)C(C)(C)F. The molecule has 0 heterocycles. The highest BCUT2D eigenvalue weighted by atomic mass is 19.2. The Kier molecular flexibility index (Phi) is 1.69. The van der Waals surface area contributed by atoms with Gasteiger partial charge in [-0.25, -0.2) is 4.39 Å². The van der Waals surface area contributed by atoms with Crippen LogP contribution in [-0.2, 0) is 0 Å². The third kappa shape index (κ3) is 1.80. The van der Waals surface area contributed by atoms with E-state index in [1.807, 2.05) is 0 Å². The van der Waals surface area contributed by atoms with Crippen LogP contribution < -0.4 is 0 Å². The minimum atomic E-state index is -1.73. The molecule has 0 fully saturated rings. The standard InChI is InChI=1S/C5H11BF2/c1-4(2,7)5(3,6)8/h6H2,1-3H3. The van der Waals surface area contributed by atoms with Crippen LogP contribution in [0.15, 0.2) is 0 Å². The summed E-state index contributed by atoms with van der Waals surface area (Å²) < 4.78 is 25.0. The van der Waals surface area contributed by atoms with Crippen LogP contribution in [0.1, 0.15) is 20.8 Å². The molecule has 0 saturated heterocycles. The van der Waals surface area contributed by atoms with Crippen molar-refractivity contribution in [3.63, 3.8) is 0 Å². The zero-order chi connectivity index (χ0) is 7.00. The van der Waals surface area contributed by atoms with Crippen LogP contribution in [0.5, 0.6) is 0 Å². The van der Waals surface area contributed by atoms with Gasteiger partial charge < -0.3 is 0 Å². The van der Waals surface area contributed by atoms with Crippen molar-refractivity contribution < 1.29 is 8.78 Å². The van der Waals surface area contributed by atoms with Crippen molar-refractivity contribution in [2.45, 2.75) is 32.0 Å². The average molecular weight is 120 g/mol. The summed E-state index contributed by atoms with van der Waals surface area (Å²) in [5.41, 5.74) is -3.46. The zero-order valence-corrected chi connectivity index (χ0v) is 5.76. The maximum atomic E-state index is 12.5. The van der Waals surface area contributed by atoms with Gasteiger partial charge in [-0.2, -0.15) is 0 Å². The topological polar surface area (TPSA) is 0 Å². The average Bonchev–Trinajstić information content (AvgIpc) is 1.25. The quantitative estimate of drug-likeness (QED) is 0.453. The molecule has 0 bridgehead atoms. The molecule has 1 atom stereocenters. The highest BCUT2D eigenvalue weighted by Gasteiger charge is 2.36. The summed E-state index contributed by atoms with van der Waals surface area (Å²) in [5.74, 6) is 0. The van der Waals surface area contributed by atoms with Crippen molar-refractivity contribution in [1.82, 2.24) is 0 Å². The molecule has 0 saturated carbocycles. The molecule has 0 N–H and O–H groups in total. The van der Waals surface area contributed by atoms with E-state index in [-0.39, 0.29) is 0 Å². The van der Waals surface area contributed by atoms with Crippen LogP contribution in [-0.4, -0.2) is 19.1 Å². The van der Waals surface area contributed by atoms with Crippen LogP contribution >= 0.6 is 0 Å². The van der Waals surface area contributed by atoms with Gasteiger partial charge in [0.1, 0.15) is 11.2 Å². The largest absolute Gasteiger partial charge is 0.251 e. The predicted octanol–water partition coefficient (Wildman–Crippen LogP) is 1.05. The van der Waals surface area contributed by atoms with Crippen LogP contribution in [0, 0.1) is 0 Å². The molecule has 0 aliphatic carbocycles. The normalized spacial score (nSPS) is 20.1. The second kappa shape index (κ2) is 1.71. The lowest BCUT2D eigenvalue weighted by molar-refractivity contribution is 0.0647. The summed E-state index contributed by atoms with van der Waals surface area (Å²) in [4.78, 5) is 0. The Bertz CT molecular complexity index is 65.4. The van der Waals surface area contributed by atoms with Gasteiger partial charge in [0, 0.05) is 0 Å². The van der Waals surface area contributed by atoms with E-state index >= 15 is 0 Å². The monoisotopic (exact) mass is 120 g/mol. The van der Waals surface area contributed by atoms with Crippen LogP contribution in [0.3, 0.4) is 0 Å². The van der Waals surface area contributed by atoms with Crippen LogP contribution in [0.25, 0.3) is 0 Å².